The van der Waals surface area contributed by atoms with Gasteiger partial charge in [0.1, 0.15) is 5.01 Å². The van der Waals surface area contributed by atoms with Gasteiger partial charge in [0.05, 0.1) is 5.69 Å². The lowest BCUT2D eigenvalue weighted by Gasteiger charge is -2.26. The Morgan fingerprint density at radius 2 is 2.24 bits per heavy atom. The molecule has 0 bridgehead atoms. The van der Waals surface area contributed by atoms with Crippen LogP contribution in [-0.2, 0) is 13.1 Å². The van der Waals surface area contributed by atoms with Crippen LogP contribution in [0, 0.1) is 0 Å². The Morgan fingerprint density at radius 3 is 2.88 bits per heavy atom. The number of hydrogen-bond acceptors (Lipinski definition) is 4. The molecule has 0 aromatic carbocycles. The highest BCUT2D eigenvalue weighted by molar-refractivity contribution is 7.09. The molecule has 0 atom stereocenters. The van der Waals surface area contributed by atoms with Gasteiger partial charge in [0.15, 0.2) is 0 Å². The number of nitrogens with one attached hydrogen (secondary N) is 1. The standard InChI is InChI=1S/C13H23N3S/c1-3-16(12-6-4-5-7-12)9-11-10-17-13(15-11)8-14-2/h10,12,14H,3-9H2,1-2H3. The number of thiazole rings is 1. The summed E-state index contributed by atoms with van der Waals surface area (Å²) < 4.78 is 0. The van der Waals surface area contributed by atoms with Gasteiger partial charge < -0.3 is 5.32 Å². The minimum atomic E-state index is 0.800. The summed E-state index contributed by atoms with van der Waals surface area (Å²) in [7, 11) is 1.97. The molecule has 1 aliphatic carbocycles. The van der Waals surface area contributed by atoms with Gasteiger partial charge in [0.2, 0.25) is 0 Å². The highest BCUT2D eigenvalue weighted by Crippen LogP contribution is 2.25. The monoisotopic (exact) mass is 253 g/mol. The van der Waals surface area contributed by atoms with Crippen molar-refractivity contribution in [2.24, 2.45) is 0 Å². The molecular weight excluding hydrogens is 230 g/mol. The third kappa shape index (κ3) is 3.50. The second kappa shape index (κ2) is 6.47. The summed E-state index contributed by atoms with van der Waals surface area (Å²) in [6.07, 6.45) is 5.56. The van der Waals surface area contributed by atoms with Crippen molar-refractivity contribution in [3.8, 4) is 0 Å². The summed E-state index contributed by atoms with van der Waals surface area (Å²) in [5, 5.41) is 6.57. The highest BCUT2D eigenvalue weighted by Gasteiger charge is 2.21. The molecular formula is C13H23N3S. The molecule has 1 heterocycles. The van der Waals surface area contributed by atoms with E-state index in [1.807, 2.05) is 7.05 Å². The number of aromatic nitrogens is 1. The van der Waals surface area contributed by atoms with Crippen molar-refractivity contribution < 1.29 is 0 Å². The molecule has 0 spiro atoms. The van der Waals surface area contributed by atoms with Crippen LogP contribution in [0.5, 0.6) is 0 Å². The van der Waals surface area contributed by atoms with Crippen LogP contribution in [0.15, 0.2) is 5.38 Å². The van der Waals surface area contributed by atoms with Gasteiger partial charge in [-0.1, -0.05) is 19.8 Å². The van der Waals surface area contributed by atoms with Gasteiger partial charge in [-0.3, -0.25) is 4.90 Å². The van der Waals surface area contributed by atoms with Crippen molar-refractivity contribution >= 4 is 11.3 Å². The van der Waals surface area contributed by atoms with E-state index in [2.05, 4.69) is 27.5 Å². The molecule has 0 unspecified atom stereocenters. The van der Waals surface area contributed by atoms with Gasteiger partial charge in [-0.25, -0.2) is 4.98 Å². The largest absolute Gasteiger partial charge is 0.314 e. The first-order valence-corrected chi connectivity index (χ1v) is 7.53. The van der Waals surface area contributed by atoms with E-state index in [9.17, 15) is 0 Å². The Morgan fingerprint density at radius 1 is 1.47 bits per heavy atom. The molecule has 2 rings (SSSR count). The average molecular weight is 253 g/mol. The first kappa shape index (κ1) is 13.0. The van der Waals surface area contributed by atoms with Crippen LogP contribution in [0.2, 0.25) is 0 Å². The van der Waals surface area contributed by atoms with E-state index in [1.165, 1.54) is 36.4 Å². The second-order valence-corrected chi connectivity index (χ2v) is 5.71. The van der Waals surface area contributed by atoms with Gasteiger partial charge in [0, 0.05) is 24.5 Å². The Balaban J connectivity index is 1.92. The molecule has 4 heteroatoms. The lowest BCUT2D eigenvalue weighted by atomic mass is 10.2. The van der Waals surface area contributed by atoms with Crippen LogP contribution < -0.4 is 5.32 Å². The van der Waals surface area contributed by atoms with Crippen molar-refractivity contribution in [3.05, 3.63) is 16.1 Å². The third-order valence-electron chi connectivity index (χ3n) is 3.54. The van der Waals surface area contributed by atoms with Crippen molar-refractivity contribution in [3.63, 3.8) is 0 Å². The first-order chi connectivity index (χ1) is 8.33. The smallest absolute Gasteiger partial charge is 0.107 e. The van der Waals surface area contributed by atoms with Crippen LogP contribution in [-0.4, -0.2) is 29.5 Å². The van der Waals surface area contributed by atoms with Gasteiger partial charge in [-0.05, 0) is 26.4 Å². The maximum absolute atomic E-state index is 4.67. The van der Waals surface area contributed by atoms with Crippen LogP contribution in [0.4, 0.5) is 0 Å². The van der Waals surface area contributed by atoms with E-state index in [1.54, 1.807) is 11.3 Å². The fourth-order valence-electron chi connectivity index (χ4n) is 2.63. The Kier molecular flexibility index (Phi) is 4.95. The van der Waals surface area contributed by atoms with Gasteiger partial charge in [0.25, 0.3) is 0 Å². The minimum absolute atomic E-state index is 0.800. The SMILES string of the molecule is CCN(Cc1csc(CNC)n1)C1CCCC1. The molecule has 1 aliphatic rings. The third-order valence-corrected chi connectivity index (χ3v) is 4.44. The van der Waals surface area contributed by atoms with Crippen molar-refractivity contribution in [1.29, 1.82) is 0 Å². The zero-order chi connectivity index (χ0) is 12.1. The van der Waals surface area contributed by atoms with Crippen LogP contribution >= 0.6 is 11.3 Å². The number of nitrogens with zero attached hydrogens (tertiary/aromatic N) is 2. The number of hydrogen-bond donors (Lipinski definition) is 1. The van der Waals surface area contributed by atoms with E-state index in [0.717, 1.165) is 25.7 Å². The van der Waals surface area contributed by atoms with Crippen molar-refractivity contribution in [2.75, 3.05) is 13.6 Å². The zero-order valence-corrected chi connectivity index (χ0v) is 11.7. The Labute approximate surface area is 108 Å². The highest BCUT2D eigenvalue weighted by atomic mass is 32.1. The van der Waals surface area contributed by atoms with Gasteiger partial charge in [-0.15, -0.1) is 11.3 Å². The molecule has 1 saturated carbocycles. The second-order valence-electron chi connectivity index (χ2n) is 4.76. The summed E-state index contributed by atoms with van der Waals surface area (Å²) in [4.78, 5) is 7.26. The van der Waals surface area contributed by atoms with E-state index in [0.29, 0.717) is 0 Å². The van der Waals surface area contributed by atoms with Crippen LogP contribution in [0.3, 0.4) is 0 Å². The molecule has 0 saturated heterocycles. The minimum Gasteiger partial charge on any atom is -0.314 e. The summed E-state index contributed by atoms with van der Waals surface area (Å²) in [5.41, 5.74) is 1.24. The number of rotatable bonds is 6. The predicted octanol–water partition coefficient (Wildman–Crippen LogP) is 2.63. The maximum Gasteiger partial charge on any atom is 0.107 e. The predicted molar refractivity (Wildman–Crippen MR) is 73.2 cm³/mol. The van der Waals surface area contributed by atoms with E-state index < -0.39 is 0 Å². The van der Waals surface area contributed by atoms with Crippen molar-refractivity contribution in [2.45, 2.75) is 51.7 Å². The topological polar surface area (TPSA) is 28.2 Å². The summed E-state index contributed by atoms with van der Waals surface area (Å²) >= 11 is 1.77. The molecule has 0 aliphatic heterocycles. The summed E-state index contributed by atoms with van der Waals surface area (Å²) in [5.74, 6) is 0. The summed E-state index contributed by atoms with van der Waals surface area (Å²) in [6, 6.07) is 0.800. The lowest BCUT2D eigenvalue weighted by Crippen LogP contribution is -2.32. The fraction of sp³-hybridized carbons (Fsp3) is 0.769. The van der Waals surface area contributed by atoms with Crippen LogP contribution in [0.25, 0.3) is 0 Å². The van der Waals surface area contributed by atoms with Gasteiger partial charge >= 0.3 is 0 Å². The fourth-order valence-corrected chi connectivity index (χ4v) is 3.43. The van der Waals surface area contributed by atoms with Crippen LogP contribution in [0.1, 0.15) is 43.3 Å². The first-order valence-electron chi connectivity index (χ1n) is 6.65. The zero-order valence-electron chi connectivity index (χ0n) is 10.9. The van der Waals surface area contributed by atoms with E-state index >= 15 is 0 Å². The average Bonchev–Trinajstić information content (AvgIpc) is 2.97. The molecule has 1 fully saturated rings. The molecule has 17 heavy (non-hydrogen) atoms. The normalized spacial score (nSPS) is 17.1. The molecule has 1 aromatic rings. The molecule has 0 radical (unpaired) electrons. The lowest BCUT2D eigenvalue weighted by molar-refractivity contribution is 0.198. The van der Waals surface area contributed by atoms with E-state index in [4.69, 9.17) is 0 Å². The summed E-state index contributed by atoms with van der Waals surface area (Å²) in [6.45, 7) is 5.32. The van der Waals surface area contributed by atoms with Gasteiger partial charge in [-0.2, -0.15) is 0 Å². The Bertz CT molecular complexity index is 331. The molecule has 0 amide bonds. The Hall–Kier alpha value is -0.450. The molecule has 1 aromatic heterocycles. The molecule has 96 valence electrons. The van der Waals surface area contributed by atoms with E-state index in [-0.39, 0.29) is 0 Å². The molecule has 1 N–H and O–H groups in total. The quantitative estimate of drug-likeness (QED) is 0.845. The van der Waals surface area contributed by atoms with Crippen molar-refractivity contribution in [1.82, 2.24) is 15.2 Å². The molecule has 3 nitrogen and oxygen atoms in total. The maximum atomic E-state index is 4.67.